The number of benzene rings is 2. The van der Waals surface area contributed by atoms with Crippen molar-refractivity contribution < 1.29 is 8.81 Å². The van der Waals surface area contributed by atoms with Gasteiger partial charge in [-0.25, -0.2) is 9.37 Å². The topological polar surface area (TPSA) is 26.0 Å². The zero-order valence-electron chi connectivity index (χ0n) is 10.7. The molecule has 0 aliphatic heterocycles. The van der Waals surface area contributed by atoms with Gasteiger partial charge in [0, 0.05) is 22.5 Å². The van der Waals surface area contributed by atoms with Gasteiger partial charge >= 0.3 is 0 Å². The molecule has 1 heterocycles. The number of nitrogens with zero attached hydrogens (tertiary/aromatic N) is 1. The Morgan fingerprint density at radius 2 is 1.80 bits per heavy atom. The fourth-order valence-corrected chi connectivity index (χ4v) is 2.32. The summed E-state index contributed by atoms with van der Waals surface area (Å²) < 4.78 is 20.0. The molecule has 0 unspecified atom stereocenters. The first kappa shape index (κ1) is 13.1. The highest BCUT2D eigenvalue weighted by Crippen LogP contribution is 2.33. The zero-order chi connectivity index (χ0) is 14.1. The lowest BCUT2D eigenvalue weighted by atomic mass is 10.1. The van der Waals surface area contributed by atoms with E-state index < -0.39 is 0 Å². The van der Waals surface area contributed by atoms with Gasteiger partial charge in [-0.2, -0.15) is 0 Å². The van der Waals surface area contributed by atoms with E-state index >= 15 is 0 Å². The third-order valence-corrected chi connectivity index (χ3v) is 3.47. The summed E-state index contributed by atoms with van der Waals surface area (Å²) in [6.45, 7) is 1.78. The summed E-state index contributed by atoms with van der Waals surface area (Å²) in [4.78, 5) is 4.41. The molecule has 0 aliphatic carbocycles. The Hall–Kier alpha value is -1.94. The molecule has 0 N–H and O–H groups in total. The molecule has 1 aromatic heterocycles. The molecule has 0 amide bonds. The van der Waals surface area contributed by atoms with Gasteiger partial charge in [-0.3, -0.25) is 0 Å². The molecule has 4 heteroatoms. The van der Waals surface area contributed by atoms with Crippen molar-refractivity contribution in [3.63, 3.8) is 0 Å². The Balaban J connectivity index is 2.15. The molecule has 100 valence electrons. The number of rotatable bonds is 2. The van der Waals surface area contributed by atoms with Crippen LogP contribution < -0.4 is 0 Å². The standard InChI is InChI=1S/C16H11BrFNO/c1-10-19-15(11-5-7-13(17)8-6-11)16(20-10)12-3-2-4-14(18)9-12/h2-9H,1H3. The van der Waals surface area contributed by atoms with Crippen molar-refractivity contribution in [1.82, 2.24) is 4.98 Å². The average Bonchev–Trinajstić information content (AvgIpc) is 2.82. The quantitative estimate of drug-likeness (QED) is 0.643. The minimum atomic E-state index is -0.293. The van der Waals surface area contributed by atoms with E-state index in [2.05, 4.69) is 20.9 Å². The Kier molecular flexibility index (Phi) is 3.40. The largest absolute Gasteiger partial charge is 0.440 e. The van der Waals surface area contributed by atoms with Gasteiger partial charge in [-0.05, 0) is 24.3 Å². The van der Waals surface area contributed by atoms with Gasteiger partial charge in [0.2, 0.25) is 0 Å². The third-order valence-electron chi connectivity index (χ3n) is 2.94. The van der Waals surface area contributed by atoms with Crippen LogP contribution in [0.15, 0.2) is 57.4 Å². The molecule has 2 aromatic carbocycles. The molecule has 3 aromatic rings. The van der Waals surface area contributed by atoms with E-state index in [0.717, 1.165) is 15.7 Å². The Morgan fingerprint density at radius 3 is 2.50 bits per heavy atom. The van der Waals surface area contributed by atoms with Gasteiger partial charge < -0.3 is 4.42 Å². The summed E-state index contributed by atoms with van der Waals surface area (Å²) in [6, 6.07) is 14.1. The number of oxazole rings is 1. The van der Waals surface area contributed by atoms with Crippen LogP contribution in [0.3, 0.4) is 0 Å². The van der Waals surface area contributed by atoms with Crippen molar-refractivity contribution in [1.29, 1.82) is 0 Å². The van der Waals surface area contributed by atoms with Gasteiger partial charge in [0.15, 0.2) is 11.7 Å². The van der Waals surface area contributed by atoms with Crippen LogP contribution in [0.4, 0.5) is 4.39 Å². The number of hydrogen-bond donors (Lipinski definition) is 0. The molecule has 20 heavy (non-hydrogen) atoms. The van der Waals surface area contributed by atoms with Gasteiger partial charge in [-0.1, -0.05) is 40.2 Å². The van der Waals surface area contributed by atoms with Gasteiger partial charge in [-0.15, -0.1) is 0 Å². The van der Waals surface area contributed by atoms with Crippen molar-refractivity contribution in [3.8, 4) is 22.6 Å². The van der Waals surface area contributed by atoms with Crippen molar-refractivity contribution >= 4 is 15.9 Å². The molecule has 0 saturated carbocycles. The molecule has 0 radical (unpaired) electrons. The number of hydrogen-bond acceptors (Lipinski definition) is 2. The molecule has 0 fully saturated rings. The van der Waals surface area contributed by atoms with Gasteiger partial charge in [0.1, 0.15) is 11.5 Å². The average molecular weight is 332 g/mol. The summed E-state index contributed by atoms with van der Waals surface area (Å²) >= 11 is 3.40. The normalized spacial score (nSPS) is 10.8. The second-order valence-corrected chi connectivity index (χ2v) is 5.34. The molecule has 0 spiro atoms. The lowest BCUT2D eigenvalue weighted by molar-refractivity contribution is 0.533. The van der Waals surface area contributed by atoms with Gasteiger partial charge in [0.05, 0.1) is 0 Å². The van der Waals surface area contributed by atoms with Crippen molar-refractivity contribution in [2.75, 3.05) is 0 Å². The van der Waals surface area contributed by atoms with E-state index in [-0.39, 0.29) is 5.82 Å². The first-order valence-electron chi connectivity index (χ1n) is 6.13. The molecule has 0 saturated heterocycles. The zero-order valence-corrected chi connectivity index (χ0v) is 12.3. The lowest BCUT2D eigenvalue weighted by Crippen LogP contribution is -1.83. The number of aromatic nitrogens is 1. The van der Waals surface area contributed by atoms with E-state index in [4.69, 9.17) is 4.42 Å². The predicted molar refractivity (Wildman–Crippen MR) is 79.8 cm³/mol. The highest BCUT2D eigenvalue weighted by Gasteiger charge is 2.15. The maximum atomic E-state index is 13.4. The van der Waals surface area contributed by atoms with Crippen molar-refractivity contribution in [3.05, 3.63) is 64.7 Å². The number of halogens is 2. The highest BCUT2D eigenvalue weighted by atomic mass is 79.9. The van der Waals surface area contributed by atoms with Gasteiger partial charge in [0.25, 0.3) is 0 Å². The van der Waals surface area contributed by atoms with Crippen LogP contribution in [0.25, 0.3) is 22.6 Å². The van der Waals surface area contributed by atoms with Crippen LogP contribution in [-0.4, -0.2) is 4.98 Å². The van der Waals surface area contributed by atoms with Crippen molar-refractivity contribution in [2.24, 2.45) is 0 Å². The van der Waals surface area contributed by atoms with Crippen LogP contribution in [-0.2, 0) is 0 Å². The van der Waals surface area contributed by atoms with E-state index in [1.807, 2.05) is 30.3 Å². The predicted octanol–water partition coefficient (Wildman–Crippen LogP) is 5.22. The minimum absolute atomic E-state index is 0.293. The summed E-state index contributed by atoms with van der Waals surface area (Å²) in [7, 11) is 0. The van der Waals surface area contributed by atoms with E-state index in [1.54, 1.807) is 13.0 Å². The molecule has 3 rings (SSSR count). The van der Waals surface area contributed by atoms with Crippen molar-refractivity contribution in [2.45, 2.75) is 6.92 Å². The molecular formula is C16H11BrFNO. The second kappa shape index (κ2) is 5.21. The smallest absolute Gasteiger partial charge is 0.192 e. The second-order valence-electron chi connectivity index (χ2n) is 4.43. The molecule has 0 atom stereocenters. The van der Waals surface area contributed by atoms with E-state index in [0.29, 0.717) is 17.2 Å². The molecule has 0 aliphatic rings. The Bertz CT molecular complexity index is 749. The highest BCUT2D eigenvalue weighted by molar-refractivity contribution is 9.10. The summed E-state index contributed by atoms with van der Waals surface area (Å²) in [5.41, 5.74) is 2.34. The molecular weight excluding hydrogens is 321 g/mol. The first-order valence-corrected chi connectivity index (χ1v) is 6.92. The maximum absolute atomic E-state index is 13.4. The summed E-state index contributed by atoms with van der Waals surface area (Å²) in [6.07, 6.45) is 0. The first-order chi connectivity index (χ1) is 9.63. The summed E-state index contributed by atoms with van der Waals surface area (Å²) in [5, 5.41) is 0. The van der Waals surface area contributed by atoms with E-state index in [1.165, 1.54) is 12.1 Å². The monoisotopic (exact) mass is 331 g/mol. The number of aryl methyl sites for hydroxylation is 1. The van der Waals surface area contributed by atoms with Crippen LogP contribution in [0.5, 0.6) is 0 Å². The fourth-order valence-electron chi connectivity index (χ4n) is 2.06. The van der Waals surface area contributed by atoms with Crippen LogP contribution in [0.1, 0.15) is 5.89 Å². The fraction of sp³-hybridized carbons (Fsp3) is 0.0625. The lowest BCUT2D eigenvalue weighted by Gasteiger charge is -2.02. The molecule has 0 bridgehead atoms. The van der Waals surface area contributed by atoms with Crippen LogP contribution in [0, 0.1) is 12.7 Å². The van der Waals surface area contributed by atoms with Crippen LogP contribution in [0.2, 0.25) is 0 Å². The Morgan fingerprint density at radius 1 is 1.05 bits per heavy atom. The van der Waals surface area contributed by atoms with Crippen LogP contribution >= 0.6 is 15.9 Å². The summed E-state index contributed by atoms with van der Waals surface area (Å²) in [5.74, 6) is 0.852. The minimum Gasteiger partial charge on any atom is -0.440 e. The maximum Gasteiger partial charge on any atom is 0.192 e. The Labute approximate surface area is 124 Å². The molecule has 2 nitrogen and oxygen atoms in total. The van der Waals surface area contributed by atoms with E-state index in [9.17, 15) is 4.39 Å². The SMILES string of the molecule is Cc1nc(-c2ccc(Br)cc2)c(-c2cccc(F)c2)o1. The third kappa shape index (κ3) is 2.51.